The van der Waals surface area contributed by atoms with Gasteiger partial charge in [0.25, 0.3) is 0 Å². The molecule has 0 bridgehead atoms. The minimum absolute atomic E-state index is 0.131. The van der Waals surface area contributed by atoms with Crippen LogP contribution in [0.15, 0.2) is 12.3 Å². The molecule has 118 valence electrons. The highest BCUT2D eigenvalue weighted by molar-refractivity contribution is 5.89. The minimum atomic E-state index is -0.131. The van der Waals surface area contributed by atoms with Gasteiger partial charge in [-0.1, -0.05) is 0 Å². The Morgan fingerprint density at radius 2 is 2.14 bits per heavy atom. The number of likely N-dealkylation sites (tertiary alicyclic amines) is 2. The summed E-state index contributed by atoms with van der Waals surface area (Å²) in [5.74, 6) is 0.550. The van der Waals surface area contributed by atoms with E-state index < -0.39 is 0 Å². The largest absolute Gasteiger partial charge is 0.342 e. The van der Waals surface area contributed by atoms with E-state index in [1.54, 1.807) is 6.20 Å². The van der Waals surface area contributed by atoms with Crippen LogP contribution in [-0.2, 0) is 9.59 Å². The molecule has 1 aliphatic carbocycles. The molecule has 0 aromatic carbocycles. The Hall–Kier alpha value is -1.85. The number of amides is 2. The summed E-state index contributed by atoms with van der Waals surface area (Å²) in [6.45, 7) is 2.19. The highest BCUT2D eigenvalue weighted by atomic mass is 16.2. The van der Waals surface area contributed by atoms with Crippen molar-refractivity contribution in [1.82, 2.24) is 20.0 Å². The third kappa shape index (κ3) is 2.51. The first kappa shape index (κ1) is 13.8. The van der Waals surface area contributed by atoms with E-state index >= 15 is 0 Å². The van der Waals surface area contributed by atoms with Crippen molar-refractivity contribution < 1.29 is 9.59 Å². The fraction of sp³-hybridized carbons (Fsp3) is 0.688. The molecule has 3 aliphatic rings. The molecular weight excluding hydrogens is 280 g/mol. The maximum atomic E-state index is 12.8. The quantitative estimate of drug-likeness (QED) is 0.910. The number of carbonyl (C=O) groups excluding carboxylic acids is 2. The Labute approximate surface area is 129 Å². The second-order valence-electron chi connectivity index (χ2n) is 6.81. The first-order valence-electron chi connectivity index (χ1n) is 8.30. The van der Waals surface area contributed by atoms with Gasteiger partial charge in [0, 0.05) is 49.9 Å². The van der Waals surface area contributed by atoms with Crippen molar-refractivity contribution in [2.45, 2.75) is 44.1 Å². The van der Waals surface area contributed by atoms with Crippen LogP contribution in [0.4, 0.5) is 0 Å². The monoisotopic (exact) mass is 302 g/mol. The summed E-state index contributed by atoms with van der Waals surface area (Å²) < 4.78 is 0. The number of hydrogen-bond acceptors (Lipinski definition) is 3. The van der Waals surface area contributed by atoms with E-state index in [-0.39, 0.29) is 17.7 Å². The van der Waals surface area contributed by atoms with Gasteiger partial charge in [0.1, 0.15) is 0 Å². The maximum Gasteiger partial charge on any atom is 0.228 e. The molecule has 6 heteroatoms. The minimum Gasteiger partial charge on any atom is -0.342 e. The summed E-state index contributed by atoms with van der Waals surface area (Å²) in [5, 5.41) is 7.03. The van der Waals surface area contributed by atoms with Crippen LogP contribution in [0.2, 0.25) is 0 Å². The molecule has 1 aromatic rings. The predicted molar refractivity (Wildman–Crippen MR) is 80.0 cm³/mol. The van der Waals surface area contributed by atoms with Crippen molar-refractivity contribution >= 4 is 11.8 Å². The first-order valence-corrected chi connectivity index (χ1v) is 8.30. The van der Waals surface area contributed by atoms with Gasteiger partial charge >= 0.3 is 0 Å². The standard InChI is InChI=1S/C16H22N4O2/c21-15-8-12(10-20(15)13-3-4-13)16(22)19-7-1-2-11(9-19)14-5-6-17-18-14/h5-6,11-13H,1-4,7-10H2,(H,17,18)/t11-,12+/m1/s1. The second kappa shape index (κ2) is 5.41. The van der Waals surface area contributed by atoms with Crippen LogP contribution in [0, 0.1) is 5.92 Å². The Morgan fingerprint density at radius 3 is 2.86 bits per heavy atom. The molecule has 2 aliphatic heterocycles. The topological polar surface area (TPSA) is 69.3 Å². The van der Waals surface area contributed by atoms with Crippen LogP contribution in [0.25, 0.3) is 0 Å². The smallest absolute Gasteiger partial charge is 0.228 e. The zero-order chi connectivity index (χ0) is 15.1. The van der Waals surface area contributed by atoms with Gasteiger partial charge in [0.15, 0.2) is 0 Å². The number of nitrogens with zero attached hydrogens (tertiary/aromatic N) is 3. The Kier molecular flexibility index (Phi) is 3.39. The van der Waals surface area contributed by atoms with Crippen molar-refractivity contribution in [3.8, 4) is 0 Å². The van der Waals surface area contributed by atoms with Crippen LogP contribution in [0.3, 0.4) is 0 Å². The van der Waals surface area contributed by atoms with E-state index in [4.69, 9.17) is 0 Å². The van der Waals surface area contributed by atoms with Gasteiger partial charge in [-0.05, 0) is 31.7 Å². The second-order valence-corrected chi connectivity index (χ2v) is 6.81. The Balaban J connectivity index is 1.41. The van der Waals surface area contributed by atoms with Gasteiger partial charge in [-0.25, -0.2) is 0 Å². The Bertz CT molecular complexity index is 567. The van der Waals surface area contributed by atoms with Crippen molar-refractivity contribution in [2.24, 2.45) is 5.92 Å². The average Bonchev–Trinajstić information content (AvgIpc) is 3.09. The fourth-order valence-electron chi connectivity index (χ4n) is 3.82. The van der Waals surface area contributed by atoms with E-state index in [1.807, 2.05) is 15.9 Å². The molecule has 1 aromatic heterocycles. The van der Waals surface area contributed by atoms with Gasteiger partial charge in [-0.15, -0.1) is 0 Å². The van der Waals surface area contributed by atoms with Crippen LogP contribution in [0.1, 0.15) is 43.7 Å². The Morgan fingerprint density at radius 1 is 1.27 bits per heavy atom. The summed E-state index contributed by atoms with van der Waals surface area (Å²) in [4.78, 5) is 28.7. The number of piperidine rings is 1. The van der Waals surface area contributed by atoms with Crippen LogP contribution < -0.4 is 0 Å². The normalized spacial score (nSPS) is 29.2. The molecule has 3 heterocycles. The number of nitrogens with one attached hydrogen (secondary N) is 1. The molecular formula is C16H22N4O2. The number of aromatic amines is 1. The summed E-state index contributed by atoms with van der Waals surface area (Å²) in [5.41, 5.74) is 1.11. The molecule has 4 rings (SSSR count). The fourth-order valence-corrected chi connectivity index (χ4v) is 3.82. The summed E-state index contributed by atoms with van der Waals surface area (Å²) in [7, 11) is 0. The van der Waals surface area contributed by atoms with Crippen molar-refractivity contribution in [2.75, 3.05) is 19.6 Å². The lowest BCUT2D eigenvalue weighted by molar-refractivity contribution is -0.137. The van der Waals surface area contributed by atoms with E-state index in [1.165, 1.54) is 0 Å². The molecule has 2 amide bonds. The lowest BCUT2D eigenvalue weighted by Gasteiger charge is -2.33. The zero-order valence-corrected chi connectivity index (χ0v) is 12.7. The third-order valence-corrected chi connectivity index (χ3v) is 5.19. The first-order chi connectivity index (χ1) is 10.7. The molecule has 0 radical (unpaired) electrons. The van der Waals surface area contributed by atoms with E-state index in [0.717, 1.165) is 44.5 Å². The van der Waals surface area contributed by atoms with Gasteiger partial charge in [0.2, 0.25) is 11.8 Å². The van der Waals surface area contributed by atoms with Gasteiger partial charge in [-0.3, -0.25) is 14.7 Å². The van der Waals surface area contributed by atoms with Gasteiger partial charge in [-0.2, -0.15) is 5.10 Å². The summed E-state index contributed by atoms with van der Waals surface area (Å²) >= 11 is 0. The highest BCUT2D eigenvalue weighted by Crippen LogP contribution is 2.34. The molecule has 3 fully saturated rings. The SMILES string of the molecule is O=C([C@H]1CC(=O)N(C2CC2)C1)N1CCC[C@@H](c2ccn[nH]2)C1. The van der Waals surface area contributed by atoms with Crippen molar-refractivity contribution in [3.63, 3.8) is 0 Å². The molecule has 0 spiro atoms. The predicted octanol–water partition coefficient (Wildman–Crippen LogP) is 1.13. The third-order valence-electron chi connectivity index (χ3n) is 5.19. The average molecular weight is 302 g/mol. The van der Waals surface area contributed by atoms with Crippen LogP contribution in [-0.4, -0.2) is 57.5 Å². The molecule has 2 saturated heterocycles. The van der Waals surface area contributed by atoms with E-state index in [0.29, 0.717) is 24.9 Å². The number of aromatic nitrogens is 2. The van der Waals surface area contributed by atoms with Crippen LogP contribution in [0.5, 0.6) is 0 Å². The molecule has 0 unspecified atom stereocenters. The van der Waals surface area contributed by atoms with Crippen molar-refractivity contribution in [1.29, 1.82) is 0 Å². The van der Waals surface area contributed by atoms with Gasteiger partial charge in [0.05, 0.1) is 5.92 Å². The molecule has 2 atom stereocenters. The maximum absolute atomic E-state index is 12.8. The summed E-state index contributed by atoms with van der Waals surface area (Å²) in [6.07, 6.45) is 6.49. The zero-order valence-electron chi connectivity index (χ0n) is 12.7. The van der Waals surface area contributed by atoms with Gasteiger partial charge < -0.3 is 9.80 Å². The molecule has 6 nitrogen and oxygen atoms in total. The summed E-state index contributed by atoms with van der Waals surface area (Å²) in [6, 6.07) is 2.41. The number of carbonyl (C=O) groups is 2. The molecule has 1 N–H and O–H groups in total. The lowest BCUT2D eigenvalue weighted by atomic mass is 9.93. The highest BCUT2D eigenvalue weighted by Gasteiger charge is 2.43. The van der Waals surface area contributed by atoms with Crippen molar-refractivity contribution in [3.05, 3.63) is 18.0 Å². The molecule has 22 heavy (non-hydrogen) atoms. The molecule has 1 saturated carbocycles. The lowest BCUT2D eigenvalue weighted by Crippen LogP contribution is -2.43. The number of H-pyrrole nitrogens is 1. The van der Waals surface area contributed by atoms with E-state index in [9.17, 15) is 9.59 Å². The number of rotatable bonds is 3. The van der Waals surface area contributed by atoms with E-state index in [2.05, 4.69) is 10.2 Å². The van der Waals surface area contributed by atoms with Crippen LogP contribution >= 0.6 is 0 Å². The number of hydrogen-bond donors (Lipinski definition) is 1.